The lowest BCUT2D eigenvalue weighted by Gasteiger charge is -2.32. The van der Waals surface area contributed by atoms with Crippen LogP contribution in [0.3, 0.4) is 0 Å². The maximum absolute atomic E-state index is 13.1. The minimum atomic E-state index is -2.61. The molecular formula is C15H26F2N2O2. The average Bonchev–Trinajstić information content (AvgIpc) is 2.47. The first kappa shape index (κ1) is 16.6. The van der Waals surface area contributed by atoms with E-state index in [1.54, 1.807) is 0 Å². The zero-order valence-electron chi connectivity index (χ0n) is 12.5. The molecule has 1 aliphatic carbocycles. The van der Waals surface area contributed by atoms with Crippen LogP contribution >= 0.6 is 0 Å². The molecule has 1 atom stereocenters. The second-order valence-corrected chi connectivity index (χ2v) is 6.38. The molecule has 6 heteroatoms. The predicted octanol–water partition coefficient (Wildman–Crippen LogP) is 1.77. The molecule has 1 heterocycles. The molecule has 1 aliphatic heterocycles. The van der Waals surface area contributed by atoms with Crippen molar-refractivity contribution in [2.75, 3.05) is 26.2 Å². The molecule has 0 aromatic carbocycles. The maximum Gasteiger partial charge on any atom is 0.248 e. The van der Waals surface area contributed by atoms with Gasteiger partial charge in [0.1, 0.15) is 0 Å². The summed E-state index contributed by atoms with van der Waals surface area (Å²) in [5.41, 5.74) is 0. The normalized spacial score (nSPS) is 25.5. The van der Waals surface area contributed by atoms with Crippen molar-refractivity contribution >= 4 is 5.91 Å². The number of nitrogens with zero attached hydrogens (tertiary/aromatic N) is 1. The number of hydrogen-bond donors (Lipinski definition) is 2. The summed E-state index contributed by atoms with van der Waals surface area (Å²) in [6.07, 6.45) is 3.61. The van der Waals surface area contributed by atoms with E-state index in [-0.39, 0.29) is 50.2 Å². The van der Waals surface area contributed by atoms with Crippen LogP contribution in [-0.4, -0.2) is 54.1 Å². The minimum Gasteiger partial charge on any atom is -0.394 e. The molecule has 0 aromatic rings. The molecular weight excluding hydrogens is 278 g/mol. The van der Waals surface area contributed by atoms with Gasteiger partial charge in [-0.2, -0.15) is 0 Å². The Morgan fingerprint density at radius 1 is 1.24 bits per heavy atom. The third-order valence-corrected chi connectivity index (χ3v) is 4.58. The van der Waals surface area contributed by atoms with E-state index < -0.39 is 5.92 Å². The Kier molecular flexibility index (Phi) is 5.93. The average molecular weight is 304 g/mol. The number of likely N-dealkylation sites (tertiary alicyclic amines) is 1. The maximum atomic E-state index is 13.1. The van der Waals surface area contributed by atoms with E-state index in [0.717, 1.165) is 25.9 Å². The second-order valence-electron chi connectivity index (χ2n) is 6.38. The van der Waals surface area contributed by atoms with E-state index in [2.05, 4.69) is 10.2 Å². The molecule has 21 heavy (non-hydrogen) atoms. The van der Waals surface area contributed by atoms with Crippen LogP contribution in [0.15, 0.2) is 0 Å². The highest BCUT2D eigenvalue weighted by Crippen LogP contribution is 2.36. The molecule has 1 saturated carbocycles. The van der Waals surface area contributed by atoms with E-state index in [1.165, 1.54) is 6.42 Å². The SMILES string of the molecule is O=C(N[C@H](CO)CN1CCCCC1)C1CCC(F)(F)CC1. The molecule has 0 radical (unpaired) electrons. The number of aliphatic hydroxyl groups excluding tert-OH is 1. The summed E-state index contributed by atoms with van der Waals surface area (Å²) < 4.78 is 26.2. The summed E-state index contributed by atoms with van der Waals surface area (Å²) >= 11 is 0. The predicted molar refractivity (Wildman–Crippen MR) is 76.2 cm³/mol. The van der Waals surface area contributed by atoms with Crippen LogP contribution in [0.2, 0.25) is 0 Å². The van der Waals surface area contributed by atoms with Gasteiger partial charge in [0.25, 0.3) is 0 Å². The van der Waals surface area contributed by atoms with Gasteiger partial charge in [-0.25, -0.2) is 8.78 Å². The number of carbonyl (C=O) groups excluding carboxylic acids is 1. The third kappa shape index (κ3) is 5.18. The van der Waals surface area contributed by atoms with Gasteiger partial charge in [0.2, 0.25) is 11.8 Å². The largest absolute Gasteiger partial charge is 0.394 e. The summed E-state index contributed by atoms with van der Waals surface area (Å²) in [6, 6.07) is -0.293. The Labute approximate surface area is 124 Å². The summed E-state index contributed by atoms with van der Waals surface area (Å²) in [6.45, 7) is 2.54. The summed E-state index contributed by atoms with van der Waals surface area (Å²) in [5, 5.41) is 12.3. The number of aliphatic hydroxyl groups is 1. The number of amides is 1. The highest BCUT2D eigenvalue weighted by Gasteiger charge is 2.37. The van der Waals surface area contributed by atoms with E-state index >= 15 is 0 Å². The number of carbonyl (C=O) groups is 1. The lowest BCUT2D eigenvalue weighted by molar-refractivity contribution is -0.130. The minimum absolute atomic E-state index is 0.106. The topological polar surface area (TPSA) is 52.6 Å². The van der Waals surface area contributed by atoms with Gasteiger partial charge in [0.05, 0.1) is 12.6 Å². The number of hydrogen-bond acceptors (Lipinski definition) is 3. The van der Waals surface area contributed by atoms with Crippen molar-refractivity contribution in [2.45, 2.75) is 56.9 Å². The molecule has 2 fully saturated rings. The van der Waals surface area contributed by atoms with Crippen LogP contribution in [0.4, 0.5) is 8.78 Å². The quantitative estimate of drug-likeness (QED) is 0.814. The number of piperidine rings is 1. The number of halogens is 2. The lowest BCUT2D eigenvalue weighted by atomic mass is 9.86. The van der Waals surface area contributed by atoms with E-state index in [4.69, 9.17) is 0 Å². The van der Waals surface area contributed by atoms with Gasteiger partial charge >= 0.3 is 0 Å². The second kappa shape index (κ2) is 7.49. The number of alkyl halides is 2. The highest BCUT2D eigenvalue weighted by atomic mass is 19.3. The van der Waals surface area contributed by atoms with Gasteiger partial charge in [-0.15, -0.1) is 0 Å². The first-order valence-corrected chi connectivity index (χ1v) is 8.01. The monoisotopic (exact) mass is 304 g/mol. The fraction of sp³-hybridized carbons (Fsp3) is 0.933. The van der Waals surface area contributed by atoms with Crippen LogP contribution in [0, 0.1) is 5.92 Å². The Balaban J connectivity index is 1.76. The van der Waals surface area contributed by atoms with Gasteiger partial charge in [0, 0.05) is 25.3 Å². The van der Waals surface area contributed by atoms with Crippen molar-refractivity contribution in [1.82, 2.24) is 10.2 Å². The summed E-state index contributed by atoms with van der Waals surface area (Å²) in [4.78, 5) is 14.4. The fourth-order valence-corrected chi connectivity index (χ4v) is 3.22. The van der Waals surface area contributed by atoms with Crippen molar-refractivity contribution < 1.29 is 18.7 Å². The Hall–Kier alpha value is -0.750. The zero-order valence-corrected chi connectivity index (χ0v) is 12.5. The molecule has 0 aromatic heterocycles. The summed E-state index contributed by atoms with van der Waals surface area (Å²) in [5.74, 6) is -3.12. The van der Waals surface area contributed by atoms with E-state index in [1.807, 2.05) is 0 Å². The first-order valence-electron chi connectivity index (χ1n) is 8.01. The van der Waals surface area contributed by atoms with E-state index in [9.17, 15) is 18.7 Å². The molecule has 2 N–H and O–H groups in total. The highest BCUT2D eigenvalue weighted by molar-refractivity contribution is 5.79. The van der Waals surface area contributed by atoms with Gasteiger partial charge < -0.3 is 15.3 Å². The Bertz CT molecular complexity index is 337. The molecule has 122 valence electrons. The molecule has 2 rings (SSSR count). The van der Waals surface area contributed by atoms with Crippen molar-refractivity contribution in [3.05, 3.63) is 0 Å². The fourth-order valence-electron chi connectivity index (χ4n) is 3.22. The smallest absolute Gasteiger partial charge is 0.248 e. The van der Waals surface area contributed by atoms with Gasteiger partial charge in [-0.05, 0) is 38.8 Å². The van der Waals surface area contributed by atoms with Crippen LogP contribution < -0.4 is 5.32 Å². The lowest BCUT2D eigenvalue weighted by Crippen LogP contribution is -2.49. The zero-order chi connectivity index (χ0) is 15.3. The number of rotatable bonds is 5. The third-order valence-electron chi connectivity index (χ3n) is 4.58. The standard InChI is InChI=1S/C15H26F2N2O2/c16-15(17)6-4-12(5-7-15)14(21)18-13(11-20)10-19-8-2-1-3-9-19/h12-13,20H,1-11H2,(H,18,21)/t13-/m0/s1. The molecule has 0 spiro atoms. The molecule has 0 bridgehead atoms. The Morgan fingerprint density at radius 3 is 2.43 bits per heavy atom. The molecule has 1 amide bonds. The van der Waals surface area contributed by atoms with Crippen LogP contribution in [0.25, 0.3) is 0 Å². The van der Waals surface area contributed by atoms with Crippen molar-refractivity contribution in [3.8, 4) is 0 Å². The van der Waals surface area contributed by atoms with Gasteiger partial charge in [0.15, 0.2) is 0 Å². The van der Waals surface area contributed by atoms with Gasteiger partial charge in [-0.1, -0.05) is 6.42 Å². The molecule has 0 unspecified atom stereocenters. The Morgan fingerprint density at radius 2 is 1.86 bits per heavy atom. The molecule has 1 saturated heterocycles. The van der Waals surface area contributed by atoms with Crippen LogP contribution in [-0.2, 0) is 4.79 Å². The van der Waals surface area contributed by atoms with Gasteiger partial charge in [-0.3, -0.25) is 4.79 Å². The number of nitrogens with one attached hydrogen (secondary N) is 1. The first-order chi connectivity index (χ1) is 10.00. The van der Waals surface area contributed by atoms with Crippen LogP contribution in [0.1, 0.15) is 44.9 Å². The summed E-state index contributed by atoms with van der Waals surface area (Å²) in [7, 11) is 0. The molecule has 4 nitrogen and oxygen atoms in total. The van der Waals surface area contributed by atoms with Crippen LogP contribution in [0.5, 0.6) is 0 Å². The van der Waals surface area contributed by atoms with Crippen molar-refractivity contribution in [2.24, 2.45) is 5.92 Å². The van der Waals surface area contributed by atoms with Crippen molar-refractivity contribution in [3.63, 3.8) is 0 Å². The van der Waals surface area contributed by atoms with E-state index in [0.29, 0.717) is 6.54 Å². The van der Waals surface area contributed by atoms with Crippen molar-refractivity contribution in [1.29, 1.82) is 0 Å². The molecule has 2 aliphatic rings.